The third-order valence-corrected chi connectivity index (χ3v) is 9.50. The van der Waals surface area contributed by atoms with Gasteiger partial charge in [-0.25, -0.2) is 0 Å². The lowest BCUT2D eigenvalue weighted by Gasteiger charge is -2.41. The largest absolute Gasteiger partial charge is 0.454 e. The number of nitrogens with one attached hydrogen (secondary N) is 1. The van der Waals surface area contributed by atoms with Gasteiger partial charge in [0.25, 0.3) is 0 Å². The van der Waals surface area contributed by atoms with Crippen LogP contribution in [-0.2, 0) is 20.9 Å². The Labute approximate surface area is 224 Å². The van der Waals surface area contributed by atoms with E-state index >= 15 is 0 Å². The van der Waals surface area contributed by atoms with Crippen molar-refractivity contribution >= 4 is 17.7 Å². The number of nitrogens with zero attached hydrogens (tertiary/aromatic N) is 4. The minimum atomic E-state index is -0.454. The number of fused-ring (bicyclic) bond motifs is 2. The van der Waals surface area contributed by atoms with Gasteiger partial charge in [0, 0.05) is 58.3 Å². The van der Waals surface area contributed by atoms with Crippen molar-refractivity contribution in [1.82, 2.24) is 24.9 Å². The molecule has 0 aliphatic carbocycles. The van der Waals surface area contributed by atoms with Crippen molar-refractivity contribution < 1.29 is 23.9 Å². The van der Waals surface area contributed by atoms with Gasteiger partial charge in [0.15, 0.2) is 11.5 Å². The Kier molecular flexibility index (Phi) is 6.72. The second kappa shape index (κ2) is 10.0. The van der Waals surface area contributed by atoms with E-state index in [0.29, 0.717) is 25.4 Å². The minimum absolute atomic E-state index is 0.00219. The SMILES string of the molecule is CC(=O)N1CCC(N(C)[C@H]2C[C@H]3C(=O)NC4(CCN(Cc5ccc6c(c5)OCO6)CC4)CC(=O)N3C2)CC1. The van der Waals surface area contributed by atoms with Gasteiger partial charge in [-0.3, -0.25) is 24.2 Å². The van der Waals surface area contributed by atoms with Crippen molar-refractivity contribution in [2.75, 3.05) is 46.6 Å². The monoisotopic (exact) mass is 525 g/mol. The third kappa shape index (κ3) is 4.84. The van der Waals surface area contributed by atoms with Gasteiger partial charge in [0.1, 0.15) is 6.04 Å². The van der Waals surface area contributed by atoms with Gasteiger partial charge in [-0.2, -0.15) is 0 Å². The molecule has 0 unspecified atom stereocenters. The predicted molar refractivity (Wildman–Crippen MR) is 140 cm³/mol. The van der Waals surface area contributed by atoms with E-state index in [1.807, 2.05) is 21.9 Å². The Morgan fingerprint density at radius 1 is 1.08 bits per heavy atom. The Bertz CT molecular complexity index is 1070. The van der Waals surface area contributed by atoms with E-state index in [9.17, 15) is 14.4 Å². The zero-order valence-corrected chi connectivity index (χ0v) is 22.5. The van der Waals surface area contributed by atoms with Crippen LogP contribution in [0.1, 0.15) is 51.0 Å². The highest BCUT2D eigenvalue weighted by Crippen LogP contribution is 2.36. The molecule has 10 nitrogen and oxygen atoms in total. The number of likely N-dealkylation sites (tertiary alicyclic amines) is 2. The normalized spacial score (nSPS) is 27.6. The average Bonchev–Trinajstić information content (AvgIpc) is 3.55. The molecule has 4 fully saturated rings. The summed E-state index contributed by atoms with van der Waals surface area (Å²) in [5.74, 6) is 1.82. The highest BCUT2D eigenvalue weighted by Gasteiger charge is 2.50. The summed E-state index contributed by atoms with van der Waals surface area (Å²) in [6.07, 6.45) is 4.46. The number of hydrogen-bond acceptors (Lipinski definition) is 7. The maximum Gasteiger partial charge on any atom is 0.243 e. The molecule has 3 amide bonds. The van der Waals surface area contributed by atoms with Gasteiger partial charge in [-0.1, -0.05) is 6.07 Å². The number of carbonyl (C=O) groups excluding carboxylic acids is 3. The molecule has 5 aliphatic rings. The van der Waals surface area contributed by atoms with E-state index in [1.54, 1.807) is 6.92 Å². The Balaban J connectivity index is 1.04. The number of benzene rings is 1. The van der Waals surface area contributed by atoms with Crippen LogP contribution in [0.5, 0.6) is 11.5 Å². The van der Waals surface area contributed by atoms with Crippen molar-refractivity contribution in [1.29, 1.82) is 0 Å². The van der Waals surface area contributed by atoms with Crippen LogP contribution in [0.15, 0.2) is 18.2 Å². The summed E-state index contributed by atoms with van der Waals surface area (Å²) in [6, 6.07) is 6.22. The van der Waals surface area contributed by atoms with Gasteiger partial charge >= 0.3 is 0 Å². The Hall–Kier alpha value is -2.85. The van der Waals surface area contributed by atoms with Crippen LogP contribution in [0.25, 0.3) is 0 Å². The first-order valence-electron chi connectivity index (χ1n) is 14.0. The standard InChI is InChI=1S/C28H39N5O5/c1-19(34)32-9-5-21(6-10-32)30(2)22-14-23-27(36)29-28(15-26(35)33(23)17-22)7-11-31(12-8-28)16-20-3-4-24-25(13-20)38-18-37-24/h3-4,13,21-23H,5-12,14-18H2,1-2H3,(H,29,36)/t22-,23-/m0/s1. The Morgan fingerprint density at radius 2 is 1.82 bits per heavy atom. The molecular formula is C28H39N5O5. The molecular weight excluding hydrogens is 486 g/mol. The molecule has 0 bridgehead atoms. The smallest absolute Gasteiger partial charge is 0.243 e. The second-order valence-corrected chi connectivity index (χ2v) is 11.8. The molecule has 4 saturated heterocycles. The first-order chi connectivity index (χ1) is 18.3. The molecule has 0 radical (unpaired) electrons. The zero-order valence-electron chi connectivity index (χ0n) is 22.5. The van der Waals surface area contributed by atoms with Crippen molar-refractivity contribution in [3.05, 3.63) is 23.8 Å². The second-order valence-electron chi connectivity index (χ2n) is 11.8. The highest BCUT2D eigenvalue weighted by molar-refractivity contribution is 5.92. The van der Waals surface area contributed by atoms with E-state index in [-0.39, 0.29) is 30.6 Å². The van der Waals surface area contributed by atoms with Crippen molar-refractivity contribution in [3.63, 3.8) is 0 Å². The maximum absolute atomic E-state index is 13.5. The van der Waals surface area contributed by atoms with E-state index in [1.165, 1.54) is 5.56 Å². The molecule has 1 spiro atoms. The van der Waals surface area contributed by atoms with Crippen LogP contribution < -0.4 is 14.8 Å². The number of carbonyl (C=O) groups is 3. The summed E-state index contributed by atoms with van der Waals surface area (Å²) in [6.45, 7) is 6.52. The molecule has 5 aliphatic heterocycles. The number of hydrogen-bond donors (Lipinski definition) is 1. The summed E-state index contributed by atoms with van der Waals surface area (Å²) in [5.41, 5.74) is 0.721. The first kappa shape index (κ1) is 25.4. The minimum Gasteiger partial charge on any atom is -0.454 e. The molecule has 5 heterocycles. The van der Waals surface area contributed by atoms with E-state index < -0.39 is 11.6 Å². The Morgan fingerprint density at radius 3 is 2.55 bits per heavy atom. The van der Waals surface area contributed by atoms with Crippen molar-refractivity contribution in [3.8, 4) is 11.5 Å². The molecule has 1 N–H and O–H groups in total. The fourth-order valence-corrected chi connectivity index (χ4v) is 7.04. The highest BCUT2D eigenvalue weighted by atomic mass is 16.7. The molecule has 6 rings (SSSR count). The molecule has 0 saturated carbocycles. The zero-order chi connectivity index (χ0) is 26.4. The lowest BCUT2D eigenvalue weighted by atomic mass is 9.83. The summed E-state index contributed by atoms with van der Waals surface area (Å²) >= 11 is 0. The maximum atomic E-state index is 13.5. The third-order valence-electron chi connectivity index (χ3n) is 9.50. The lowest BCUT2D eigenvalue weighted by molar-refractivity contribution is -0.136. The van der Waals surface area contributed by atoms with E-state index in [0.717, 1.165) is 69.9 Å². The van der Waals surface area contributed by atoms with Crippen molar-refractivity contribution in [2.24, 2.45) is 0 Å². The van der Waals surface area contributed by atoms with E-state index in [4.69, 9.17) is 9.47 Å². The molecule has 10 heteroatoms. The molecule has 1 aromatic carbocycles. The first-order valence-corrected chi connectivity index (χ1v) is 14.0. The molecule has 206 valence electrons. The molecule has 1 aromatic rings. The molecule has 2 atom stereocenters. The van der Waals surface area contributed by atoms with Gasteiger partial charge < -0.3 is 24.6 Å². The topological polar surface area (TPSA) is 94.7 Å². The van der Waals surface area contributed by atoms with E-state index in [2.05, 4.69) is 28.2 Å². The predicted octanol–water partition coefficient (Wildman–Crippen LogP) is 1.18. The van der Waals surface area contributed by atoms with Crippen molar-refractivity contribution in [2.45, 2.75) is 75.7 Å². The van der Waals surface area contributed by atoms with Gasteiger partial charge in [0.2, 0.25) is 24.5 Å². The molecule has 38 heavy (non-hydrogen) atoms. The quantitative estimate of drug-likeness (QED) is 0.631. The summed E-state index contributed by atoms with van der Waals surface area (Å²) in [5, 5.41) is 3.34. The fourth-order valence-electron chi connectivity index (χ4n) is 7.04. The number of piperidine rings is 2. The van der Waals surface area contributed by atoms with Gasteiger partial charge in [-0.15, -0.1) is 0 Å². The number of amides is 3. The number of rotatable bonds is 4. The molecule has 0 aromatic heterocycles. The van der Waals surface area contributed by atoms with Crippen LogP contribution in [0, 0.1) is 0 Å². The van der Waals surface area contributed by atoms with Gasteiger partial charge in [0.05, 0.1) is 12.0 Å². The van der Waals surface area contributed by atoms with Crippen LogP contribution in [0.4, 0.5) is 0 Å². The number of ether oxygens (including phenoxy) is 2. The van der Waals surface area contributed by atoms with Crippen LogP contribution in [0.3, 0.4) is 0 Å². The van der Waals surface area contributed by atoms with Gasteiger partial charge in [-0.05, 0) is 56.8 Å². The van der Waals surface area contributed by atoms with Crippen LogP contribution in [-0.4, -0.2) is 108 Å². The number of likely N-dealkylation sites (N-methyl/N-ethyl adjacent to an activating group) is 1. The summed E-state index contributed by atoms with van der Waals surface area (Å²) in [7, 11) is 2.12. The summed E-state index contributed by atoms with van der Waals surface area (Å²) < 4.78 is 10.9. The lowest BCUT2D eigenvalue weighted by Crippen LogP contribution is -2.56. The average molecular weight is 526 g/mol. The van der Waals surface area contributed by atoms with Crippen LogP contribution >= 0.6 is 0 Å². The van der Waals surface area contributed by atoms with Crippen LogP contribution in [0.2, 0.25) is 0 Å². The summed E-state index contributed by atoms with van der Waals surface area (Å²) in [4.78, 5) is 47.1. The fraction of sp³-hybridized carbons (Fsp3) is 0.679.